The summed E-state index contributed by atoms with van der Waals surface area (Å²) in [6, 6.07) is 63.0. The molecule has 8 aromatic carbocycles. The van der Waals surface area contributed by atoms with Gasteiger partial charge in [0.05, 0.1) is 22.6 Å². The fourth-order valence-corrected chi connectivity index (χ4v) is 10.5. The molecule has 0 N–H and O–H groups in total. The Kier molecular flexibility index (Phi) is 7.71. The van der Waals surface area contributed by atoms with Crippen LogP contribution >= 0.6 is 11.3 Å². The lowest BCUT2D eigenvalue weighted by atomic mass is 9.96. The number of hydrogen-bond donors (Lipinski definition) is 0. The zero-order valence-corrected chi connectivity index (χ0v) is 33.4. The maximum Gasteiger partial charge on any atom is 0.160 e. The first kappa shape index (κ1) is 34.4. The molecule has 1 aliphatic carbocycles. The molecule has 4 heteroatoms. The molecule has 0 bridgehead atoms. The standard InChI is InChI=1S/C56H35N3S/c1-3-40-45-30-36(37-26-28-52-47(31-37)55-44-24-14-23-43-41-21-11-12-22-42(41)46(54(43)44)32-53(55)60-52)25-27-51(45)59(50(40)4-2)39-20-13-19-38(29-39)49-33-48(34-15-7-5-8-16-34)57-56(58-49)35-17-9-6-10-18-35/h3-33H,1-2H2. The molecule has 11 aromatic rings. The van der Waals surface area contributed by atoms with Gasteiger partial charge in [0.15, 0.2) is 5.82 Å². The van der Waals surface area contributed by atoms with Crippen molar-refractivity contribution in [1.82, 2.24) is 14.5 Å². The number of fused-ring (bicyclic) bond motifs is 8. The molecular formula is C56H35N3S. The number of rotatable bonds is 7. The van der Waals surface area contributed by atoms with E-state index in [1.54, 1.807) is 0 Å². The Morgan fingerprint density at radius 1 is 0.433 bits per heavy atom. The monoisotopic (exact) mass is 781 g/mol. The second-order valence-corrected chi connectivity index (χ2v) is 16.5. The lowest BCUT2D eigenvalue weighted by Gasteiger charge is -2.13. The van der Waals surface area contributed by atoms with Gasteiger partial charge in [-0.3, -0.25) is 0 Å². The van der Waals surface area contributed by atoms with E-state index in [-0.39, 0.29) is 0 Å². The molecule has 3 heterocycles. The van der Waals surface area contributed by atoms with Crippen molar-refractivity contribution in [3.05, 3.63) is 200 Å². The summed E-state index contributed by atoms with van der Waals surface area (Å²) in [5.74, 6) is 0.692. The molecule has 0 amide bonds. The highest BCUT2D eigenvalue weighted by atomic mass is 32.1. The van der Waals surface area contributed by atoms with Crippen LogP contribution in [-0.4, -0.2) is 14.5 Å². The minimum Gasteiger partial charge on any atom is -0.309 e. The summed E-state index contributed by atoms with van der Waals surface area (Å²) in [5.41, 5.74) is 16.6. The lowest BCUT2D eigenvalue weighted by molar-refractivity contribution is 1.10. The van der Waals surface area contributed by atoms with E-state index < -0.39 is 0 Å². The molecule has 1 aliphatic rings. The highest BCUT2D eigenvalue weighted by molar-refractivity contribution is 7.26. The summed E-state index contributed by atoms with van der Waals surface area (Å²) in [6.45, 7) is 8.59. The largest absolute Gasteiger partial charge is 0.309 e. The minimum atomic E-state index is 0.692. The molecule has 0 atom stereocenters. The minimum absolute atomic E-state index is 0.692. The third kappa shape index (κ3) is 5.21. The van der Waals surface area contributed by atoms with E-state index in [0.29, 0.717) is 5.82 Å². The number of aromatic nitrogens is 3. The summed E-state index contributed by atoms with van der Waals surface area (Å²) < 4.78 is 4.92. The van der Waals surface area contributed by atoms with E-state index >= 15 is 0 Å². The smallest absolute Gasteiger partial charge is 0.160 e. The number of benzene rings is 8. The van der Waals surface area contributed by atoms with Crippen molar-refractivity contribution in [2.24, 2.45) is 0 Å². The van der Waals surface area contributed by atoms with Crippen molar-refractivity contribution in [3.8, 4) is 73.0 Å². The van der Waals surface area contributed by atoms with E-state index in [4.69, 9.17) is 9.97 Å². The first-order chi connectivity index (χ1) is 29.6. The summed E-state index contributed by atoms with van der Waals surface area (Å²) in [7, 11) is 0. The summed E-state index contributed by atoms with van der Waals surface area (Å²) in [6.07, 6.45) is 3.90. The Morgan fingerprint density at radius 3 is 1.85 bits per heavy atom. The third-order valence-electron chi connectivity index (χ3n) is 12.1. The van der Waals surface area contributed by atoms with Crippen LogP contribution in [0.2, 0.25) is 0 Å². The Hall–Kier alpha value is -7.66. The predicted molar refractivity (Wildman–Crippen MR) is 256 cm³/mol. The molecule has 0 aliphatic heterocycles. The molecule has 0 spiro atoms. The molecule has 0 fully saturated rings. The molecular weight excluding hydrogens is 747 g/mol. The van der Waals surface area contributed by atoms with Crippen molar-refractivity contribution in [1.29, 1.82) is 0 Å². The van der Waals surface area contributed by atoms with Gasteiger partial charge < -0.3 is 4.57 Å². The molecule has 3 nitrogen and oxygen atoms in total. The fraction of sp³-hybridized carbons (Fsp3) is 0. The number of nitrogens with zero attached hydrogens (tertiary/aromatic N) is 3. The van der Waals surface area contributed by atoms with E-state index in [1.807, 2.05) is 59.9 Å². The van der Waals surface area contributed by atoms with E-state index in [9.17, 15) is 0 Å². The molecule has 60 heavy (non-hydrogen) atoms. The number of hydrogen-bond acceptors (Lipinski definition) is 3. The molecule has 0 radical (unpaired) electrons. The van der Waals surface area contributed by atoms with Gasteiger partial charge in [0, 0.05) is 53.5 Å². The highest BCUT2D eigenvalue weighted by Gasteiger charge is 2.24. The van der Waals surface area contributed by atoms with Crippen molar-refractivity contribution >= 4 is 65.3 Å². The van der Waals surface area contributed by atoms with Crippen LogP contribution in [0.25, 0.3) is 127 Å². The van der Waals surface area contributed by atoms with Gasteiger partial charge in [-0.05, 0) is 98.8 Å². The molecule has 12 rings (SSSR count). The van der Waals surface area contributed by atoms with Crippen molar-refractivity contribution in [2.75, 3.05) is 0 Å². The van der Waals surface area contributed by atoms with Gasteiger partial charge in [-0.25, -0.2) is 9.97 Å². The van der Waals surface area contributed by atoms with Crippen LogP contribution in [0.4, 0.5) is 0 Å². The average molecular weight is 782 g/mol. The normalized spacial score (nSPS) is 11.8. The Bertz CT molecular complexity index is 3520. The SMILES string of the molecule is C=Cc1c(C=C)n(-c2cccc(-c3cc(-c4ccccc4)nc(-c4ccccc4)n3)c2)c2ccc(-c3ccc4sc5cc6c7c(cccc7c5c4c3)-c3ccccc3-6)cc12. The molecule has 0 unspecified atom stereocenters. The molecule has 0 saturated carbocycles. The summed E-state index contributed by atoms with van der Waals surface area (Å²) >= 11 is 1.89. The first-order valence-electron chi connectivity index (χ1n) is 20.2. The van der Waals surface area contributed by atoms with Crippen molar-refractivity contribution < 1.29 is 0 Å². The average Bonchev–Trinajstić information content (AvgIpc) is 3.97. The van der Waals surface area contributed by atoms with Crippen LogP contribution in [-0.2, 0) is 0 Å². The molecule has 0 saturated heterocycles. The first-order valence-corrected chi connectivity index (χ1v) is 21.0. The summed E-state index contributed by atoms with van der Waals surface area (Å²) in [5, 5.41) is 6.46. The fourth-order valence-electron chi connectivity index (χ4n) is 9.40. The van der Waals surface area contributed by atoms with Crippen LogP contribution in [0.1, 0.15) is 11.3 Å². The Balaban J connectivity index is 0.988. The van der Waals surface area contributed by atoms with Gasteiger partial charge in [0.2, 0.25) is 0 Å². The van der Waals surface area contributed by atoms with Gasteiger partial charge in [-0.15, -0.1) is 11.3 Å². The maximum absolute atomic E-state index is 5.12. The second-order valence-electron chi connectivity index (χ2n) is 15.4. The van der Waals surface area contributed by atoms with Crippen molar-refractivity contribution in [3.63, 3.8) is 0 Å². The van der Waals surface area contributed by atoms with Crippen LogP contribution in [0.3, 0.4) is 0 Å². The van der Waals surface area contributed by atoms with Crippen LogP contribution in [0.15, 0.2) is 189 Å². The zero-order chi connectivity index (χ0) is 39.9. The Morgan fingerprint density at radius 2 is 1.08 bits per heavy atom. The number of thiophene rings is 1. The predicted octanol–water partition coefficient (Wildman–Crippen LogP) is 15.5. The molecule has 3 aromatic heterocycles. The quantitative estimate of drug-likeness (QED) is 0.161. The molecule has 280 valence electrons. The van der Waals surface area contributed by atoms with Gasteiger partial charge in [0.25, 0.3) is 0 Å². The lowest BCUT2D eigenvalue weighted by Crippen LogP contribution is -1.99. The third-order valence-corrected chi connectivity index (χ3v) is 13.2. The van der Waals surface area contributed by atoms with Gasteiger partial charge in [0.1, 0.15) is 0 Å². The van der Waals surface area contributed by atoms with Crippen LogP contribution < -0.4 is 0 Å². The van der Waals surface area contributed by atoms with Gasteiger partial charge >= 0.3 is 0 Å². The van der Waals surface area contributed by atoms with Gasteiger partial charge in [-0.1, -0.05) is 147 Å². The maximum atomic E-state index is 5.12. The van der Waals surface area contributed by atoms with E-state index in [2.05, 4.69) is 157 Å². The van der Waals surface area contributed by atoms with Crippen LogP contribution in [0.5, 0.6) is 0 Å². The van der Waals surface area contributed by atoms with Crippen molar-refractivity contribution in [2.45, 2.75) is 0 Å². The Labute approximate surface area is 351 Å². The second kappa shape index (κ2) is 13.5. The van der Waals surface area contributed by atoms with E-state index in [0.717, 1.165) is 61.5 Å². The van der Waals surface area contributed by atoms with Gasteiger partial charge in [-0.2, -0.15) is 0 Å². The summed E-state index contributed by atoms with van der Waals surface area (Å²) in [4.78, 5) is 10.1. The topological polar surface area (TPSA) is 30.7 Å². The zero-order valence-electron chi connectivity index (χ0n) is 32.6. The highest BCUT2D eigenvalue weighted by Crippen LogP contribution is 2.52. The van der Waals surface area contributed by atoms with E-state index in [1.165, 1.54) is 58.8 Å². The van der Waals surface area contributed by atoms with Crippen LogP contribution in [0, 0.1) is 0 Å².